The summed E-state index contributed by atoms with van der Waals surface area (Å²) in [6.45, 7) is 2.01. The van der Waals surface area contributed by atoms with E-state index >= 15 is 0 Å². The Bertz CT molecular complexity index is 422. The van der Waals surface area contributed by atoms with Gasteiger partial charge in [0.05, 0.1) is 11.1 Å². The van der Waals surface area contributed by atoms with Gasteiger partial charge in [0.25, 0.3) is 0 Å². The number of hydrogen-bond donors (Lipinski definition) is 0. The van der Waals surface area contributed by atoms with Crippen LogP contribution in [0.5, 0.6) is 0 Å². The second kappa shape index (κ2) is 5.18. The molecule has 1 fully saturated rings. The van der Waals surface area contributed by atoms with Gasteiger partial charge in [0, 0.05) is 4.47 Å². The van der Waals surface area contributed by atoms with E-state index in [1.807, 2.05) is 18.2 Å². The van der Waals surface area contributed by atoms with Crippen LogP contribution in [0.25, 0.3) is 0 Å². The minimum absolute atomic E-state index is 0.159. The lowest BCUT2D eigenvalue weighted by atomic mass is 10.1. The Kier molecular flexibility index (Phi) is 3.86. The molecule has 2 nitrogen and oxygen atoms in total. The quantitative estimate of drug-likeness (QED) is 0.831. The normalized spacial score (nSPS) is 18.3. The fourth-order valence-corrected chi connectivity index (χ4v) is 2.48. The predicted molar refractivity (Wildman–Crippen MR) is 68.3 cm³/mol. The van der Waals surface area contributed by atoms with Crippen LogP contribution in [0.15, 0.2) is 22.7 Å². The fourth-order valence-electron chi connectivity index (χ4n) is 2.05. The van der Waals surface area contributed by atoms with E-state index in [2.05, 4.69) is 26.9 Å². The van der Waals surface area contributed by atoms with Gasteiger partial charge in [-0.25, -0.2) is 0 Å². The highest BCUT2D eigenvalue weighted by atomic mass is 79.9. The maximum Gasteiger partial charge on any atom is 0.123 e. The van der Waals surface area contributed by atoms with E-state index in [9.17, 15) is 5.26 Å². The van der Waals surface area contributed by atoms with Crippen molar-refractivity contribution in [2.45, 2.75) is 18.9 Å². The number of likely N-dealkylation sites (tertiary alicyclic amines) is 1. The Morgan fingerprint density at radius 3 is 2.62 bits per heavy atom. The van der Waals surface area contributed by atoms with Crippen LogP contribution in [0.4, 0.5) is 0 Å². The minimum atomic E-state index is -0.159. The third-order valence-electron chi connectivity index (χ3n) is 2.89. The Balaban J connectivity index is 2.26. The molecule has 0 aliphatic carbocycles. The molecule has 1 saturated heterocycles. The first-order valence-corrected chi connectivity index (χ1v) is 6.48. The summed E-state index contributed by atoms with van der Waals surface area (Å²) in [5.41, 5.74) is 0.984. The second-order valence-electron chi connectivity index (χ2n) is 3.95. The molecule has 1 heterocycles. The van der Waals surface area contributed by atoms with Gasteiger partial charge in [-0.1, -0.05) is 17.7 Å². The lowest BCUT2D eigenvalue weighted by molar-refractivity contribution is 0.294. The van der Waals surface area contributed by atoms with Crippen LogP contribution < -0.4 is 0 Å². The first kappa shape index (κ1) is 11.9. The van der Waals surface area contributed by atoms with Gasteiger partial charge < -0.3 is 0 Å². The Morgan fingerprint density at radius 2 is 2.06 bits per heavy atom. The highest BCUT2D eigenvalue weighted by Gasteiger charge is 2.23. The SMILES string of the molecule is N#CC(c1ccc(Br)c(Cl)c1)N1CCCC1. The standard InChI is InChI=1S/C12H12BrClN2/c13-10-4-3-9(7-11(10)14)12(8-15)16-5-1-2-6-16/h3-4,7,12H,1-2,5-6H2. The summed E-state index contributed by atoms with van der Waals surface area (Å²) in [6, 6.07) is 7.93. The fraction of sp³-hybridized carbons (Fsp3) is 0.417. The molecule has 0 saturated carbocycles. The van der Waals surface area contributed by atoms with Crippen LogP contribution in [0, 0.1) is 11.3 Å². The molecule has 0 bridgehead atoms. The summed E-state index contributed by atoms with van der Waals surface area (Å²) in [5, 5.41) is 9.92. The van der Waals surface area contributed by atoms with Crippen molar-refractivity contribution in [3.05, 3.63) is 33.3 Å². The highest BCUT2D eigenvalue weighted by molar-refractivity contribution is 9.10. The zero-order valence-corrected chi connectivity index (χ0v) is 11.1. The van der Waals surface area contributed by atoms with Gasteiger partial charge in [-0.3, -0.25) is 4.90 Å². The van der Waals surface area contributed by atoms with Crippen molar-refractivity contribution < 1.29 is 0 Å². The monoisotopic (exact) mass is 298 g/mol. The molecule has 1 unspecified atom stereocenters. The van der Waals surface area contributed by atoms with Crippen LogP contribution in [0.1, 0.15) is 24.4 Å². The third-order valence-corrected chi connectivity index (χ3v) is 4.12. The van der Waals surface area contributed by atoms with Crippen molar-refractivity contribution in [3.8, 4) is 6.07 Å². The predicted octanol–water partition coefficient (Wildman–Crippen LogP) is 3.76. The van der Waals surface area contributed by atoms with Gasteiger partial charge >= 0.3 is 0 Å². The molecule has 0 aromatic heterocycles. The van der Waals surface area contributed by atoms with E-state index in [1.54, 1.807) is 0 Å². The molecular weight excluding hydrogens is 288 g/mol. The third kappa shape index (κ3) is 2.40. The summed E-state index contributed by atoms with van der Waals surface area (Å²) >= 11 is 9.40. The summed E-state index contributed by atoms with van der Waals surface area (Å²) in [4.78, 5) is 2.21. The number of hydrogen-bond acceptors (Lipinski definition) is 2. The molecule has 1 aromatic rings. The largest absolute Gasteiger partial charge is 0.284 e. The zero-order valence-electron chi connectivity index (χ0n) is 8.79. The first-order chi connectivity index (χ1) is 7.72. The number of halogens is 2. The van der Waals surface area contributed by atoms with E-state index in [-0.39, 0.29) is 6.04 Å². The summed E-state index contributed by atoms with van der Waals surface area (Å²) in [6.07, 6.45) is 2.37. The average molecular weight is 300 g/mol. The van der Waals surface area contributed by atoms with Crippen molar-refractivity contribution in [2.75, 3.05) is 13.1 Å². The molecule has 0 spiro atoms. The molecule has 84 valence electrons. The van der Waals surface area contributed by atoms with Crippen LogP contribution >= 0.6 is 27.5 Å². The maximum atomic E-state index is 9.25. The molecule has 16 heavy (non-hydrogen) atoms. The van der Waals surface area contributed by atoms with E-state index in [0.29, 0.717) is 5.02 Å². The van der Waals surface area contributed by atoms with Gasteiger partial charge in [0.2, 0.25) is 0 Å². The van der Waals surface area contributed by atoms with Crippen LogP contribution in [0.2, 0.25) is 5.02 Å². The van der Waals surface area contributed by atoms with Crippen molar-refractivity contribution in [1.29, 1.82) is 5.26 Å². The summed E-state index contributed by atoms with van der Waals surface area (Å²) in [5.74, 6) is 0. The smallest absolute Gasteiger partial charge is 0.123 e. The summed E-state index contributed by atoms with van der Waals surface area (Å²) in [7, 11) is 0. The van der Waals surface area contributed by atoms with Gasteiger partial charge in [0.15, 0.2) is 0 Å². The van der Waals surface area contributed by atoms with Crippen molar-refractivity contribution in [2.24, 2.45) is 0 Å². The van der Waals surface area contributed by atoms with Crippen molar-refractivity contribution in [3.63, 3.8) is 0 Å². The van der Waals surface area contributed by atoms with Crippen LogP contribution in [-0.4, -0.2) is 18.0 Å². The van der Waals surface area contributed by atoms with Gasteiger partial charge in [0.1, 0.15) is 6.04 Å². The van der Waals surface area contributed by atoms with E-state index in [4.69, 9.17) is 11.6 Å². The minimum Gasteiger partial charge on any atom is -0.284 e. The van der Waals surface area contributed by atoms with Gasteiger partial charge in [-0.05, 0) is 59.6 Å². The van der Waals surface area contributed by atoms with Crippen LogP contribution in [0.3, 0.4) is 0 Å². The lowest BCUT2D eigenvalue weighted by Gasteiger charge is -2.21. The maximum absolute atomic E-state index is 9.25. The average Bonchev–Trinajstić information content (AvgIpc) is 2.78. The molecular formula is C12H12BrClN2. The van der Waals surface area contributed by atoms with E-state index in [1.165, 1.54) is 12.8 Å². The zero-order chi connectivity index (χ0) is 11.5. The number of nitriles is 1. The molecule has 0 amide bonds. The molecule has 0 N–H and O–H groups in total. The molecule has 1 aliphatic rings. The van der Waals surface area contributed by atoms with Crippen molar-refractivity contribution >= 4 is 27.5 Å². The van der Waals surface area contributed by atoms with Gasteiger partial charge in [-0.15, -0.1) is 0 Å². The van der Waals surface area contributed by atoms with E-state index in [0.717, 1.165) is 23.1 Å². The number of nitrogens with zero attached hydrogens (tertiary/aromatic N) is 2. The number of benzene rings is 1. The highest BCUT2D eigenvalue weighted by Crippen LogP contribution is 2.29. The lowest BCUT2D eigenvalue weighted by Crippen LogP contribution is -2.24. The Morgan fingerprint density at radius 1 is 1.38 bits per heavy atom. The van der Waals surface area contributed by atoms with Crippen LogP contribution in [-0.2, 0) is 0 Å². The Labute approximate surface area is 109 Å². The van der Waals surface area contributed by atoms with Crippen molar-refractivity contribution in [1.82, 2.24) is 4.90 Å². The van der Waals surface area contributed by atoms with E-state index < -0.39 is 0 Å². The Hall–Kier alpha value is -0.560. The first-order valence-electron chi connectivity index (χ1n) is 5.31. The molecule has 0 radical (unpaired) electrons. The topological polar surface area (TPSA) is 27.0 Å². The molecule has 1 aromatic carbocycles. The molecule has 1 atom stereocenters. The van der Waals surface area contributed by atoms with Gasteiger partial charge in [-0.2, -0.15) is 5.26 Å². The summed E-state index contributed by atoms with van der Waals surface area (Å²) < 4.78 is 0.871. The second-order valence-corrected chi connectivity index (χ2v) is 5.21. The molecule has 1 aliphatic heterocycles. The molecule has 4 heteroatoms. The number of rotatable bonds is 2. The molecule has 2 rings (SSSR count).